The maximum absolute atomic E-state index is 12.5. The molecule has 0 amide bonds. The molecule has 126 valence electrons. The van der Waals surface area contributed by atoms with E-state index in [2.05, 4.69) is 41.3 Å². The van der Waals surface area contributed by atoms with Gasteiger partial charge in [-0.1, -0.05) is 74.9 Å². The monoisotopic (exact) mass is 321 g/mol. The maximum Gasteiger partial charge on any atom is 0.165 e. The van der Waals surface area contributed by atoms with Crippen molar-refractivity contribution in [3.8, 4) is 0 Å². The molecule has 1 aliphatic rings. The van der Waals surface area contributed by atoms with Gasteiger partial charge < -0.3 is 0 Å². The molecule has 1 saturated heterocycles. The van der Waals surface area contributed by atoms with Crippen molar-refractivity contribution in [3.63, 3.8) is 0 Å². The standard InChI is InChI=1S/C22H27NO/c1-17(2)22(24)20-13-7-6-12-19(20)16-23-15-9-8-14-21(23)18-10-4-3-5-11-18/h3-7,10-13,17,21H,8-9,14-16H2,1-2H3. The molecular weight excluding hydrogens is 294 g/mol. The highest BCUT2D eigenvalue weighted by molar-refractivity contribution is 5.98. The summed E-state index contributed by atoms with van der Waals surface area (Å²) in [5.41, 5.74) is 3.45. The third kappa shape index (κ3) is 3.76. The van der Waals surface area contributed by atoms with E-state index >= 15 is 0 Å². The predicted octanol–water partition coefficient (Wildman–Crippen LogP) is 5.25. The molecule has 0 aliphatic carbocycles. The molecule has 0 aromatic heterocycles. The van der Waals surface area contributed by atoms with Gasteiger partial charge in [0, 0.05) is 24.1 Å². The Hall–Kier alpha value is -1.93. The van der Waals surface area contributed by atoms with Crippen LogP contribution in [0.2, 0.25) is 0 Å². The van der Waals surface area contributed by atoms with Gasteiger partial charge in [-0.15, -0.1) is 0 Å². The van der Waals surface area contributed by atoms with Gasteiger partial charge in [-0.2, -0.15) is 0 Å². The first-order chi connectivity index (χ1) is 11.7. The number of carbonyl (C=O) groups excluding carboxylic acids is 1. The summed E-state index contributed by atoms with van der Waals surface area (Å²) in [7, 11) is 0. The van der Waals surface area contributed by atoms with Gasteiger partial charge >= 0.3 is 0 Å². The molecule has 2 aromatic carbocycles. The Labute approximate surface area is 145 Å². The van der Waals surface area contributed by atoms with Crippen LogP contribution in [0.5, 0.6) is 0 Å². The molecule has 0 radical (unpaired) electrons. The summed E-state index contributed by atoms with van der Waals surface area (Å²) in [6, 6.07) is 19.4. The van der Waals surface area contributed by atoms with Crippen LogP contribution in [-0.2, 0) is 6.54 Å². The van der Waals surface area contributed by atoms with E-state index in [0.29, 0.717) is 6.04 Å². The fourth-order valence-corrected chi connectivity index (χ4v) is 3.66. The van der Waals surface area contributed by atoms with Crippen LogP contribution in [0.15, 0.2) is 54.6 Å². The SMILES string of the molecule is CC(C)C(=O)c1ccccc1CN1CCCCC1c1ccccc1. The molecule has 0 N–H and O–H groups in total. The number of nitrogens with zero attached hydrogens (tertiary/aromatic N) is 1. The predicted molar refractivity (Wildman–Crippen MR) is 99.1 cm³/mol. The largest absolute Gasteiger partial charge is 0.294 e. The number of rotatable bonds is 5. The van der Waals surface area contributed by atoms with E-state index < -0.39 is 0 Å². The Morgan fingerprint density at radius 2 is 1.75 bits per heavy atom. The van der Waals surface area contributed by atoms with Crippen LogP contribution in [0.1, 0.15) is 60.6 Å². The quantitative estimate of drug-likeness (QED) is 0.701. The van der Waals surface area contributed by atoms with E-state index in [1.165, 1.54) is 30.4 Å². The molecule has 1 aliphatic heterocycles. The first kappa shape index (κ1) is 16.9. The number of likely N-dealkylation sites (tertiary alicyclic amines) is 1. The third-order valence-corrected chi connectivity index (χ3v) is 4.98. The van der Waals surface area contributed by atoms with Crippen molar-refractivity contribution in [1.82, 2.24) is 4.90 Å². The van der Waals surface area contributed by atoms with Gasteiger partial charge in [0.05, 0.1) is 0 Å². The molecular formula is C22H27NO. The molecule has 0 saturated carbocycles. The molecule has 1 unspecified atom stereocenters. The molecule has 2 nitrogen and oxygen atoms in total. The molecule has 0 spiro atoms. The summed E-state index contributed by atoms with van der Waals surface area (Å²) in [5.74, 6) is 0.288. The maximum atomic E-state index is 12.5. The van der Waals surface area contributed by atoms with Crippen molar-refractivity contribution in [3.05, 3.63) is 71.3 Å². The van der Waals surface area contributed by atoms with Crippen LogP contribution < -0.4 is 0 Å². The second kappa shape index (κ2) is 7.76. The van der Waals surface area contributed by atoms with Crippen molar-refractivity contribution >= 4 is 5.78 Å². The zero-order valence-corrected chi connectivity index (χ0v) is 14.7. The lowest BCUT2D eigenvalue weighted by molar-refractivity contribution is 0.0934. The van der Waals surface area contributed by atoms with Crippen molar-refractivity contribution < 1.29 is 4.79 Å². The highest BCUT2D eigenvalue weighted by Crippen LogP contribution is 2.32. The Kier molecular flexibility index (Phi) is 5.47. The Balaban J connectivity index is 1.85. The lowest BCUT2D eigenvalue weighted by atomic mass is 9.92. The van der Waals surface area contributed by atoms with Gasteiger partial charge in [0.2, 0.25) is 0 Å². The molecule has 2 aromatic rings. The second-order valence-corrected chi connectivity index (χ2v) is 7.07. The van der Waals surface area contributed by atoms with E-state index in [1.807, 2.05) is 32.0 Å². The first-order valence-corrected chi connectivity index (χ1v) is 9.08. The highest BCUT2D eigenvalue weighted by Gasteiger charge is 2.25. The second-order valence-electron chi connectivity index (χ2n) is 7.07. The van der Waals surface area contributed by atoms with Gasteiger partial charge in [-0.25, -0.2) is 0 Å². The smallest absolute Gasteiger partial charge is 0.165 e. The molecule has 1 atom stereocenters. The summed E-state index contributed by atoms with van der Waals surface area (Å²) < 4.78 is 0. The molecule has 1 heterocycles. The zero-order chi connectivity index (χ0) is 16.9. The minimum atomic E-state index is 0.0393. The van der Waals surface area contributed by atoms with Gasteiger partial charge in [0.25, 0.3) is 0 Å². The molecule has 0 bridgehead atoms. The van der Waals surface area contributed by atoms with Gasteiger partial charge in [-0.05, 0) is 30.5 Å². The average molecular weight is 321 g/mol. The first-order valence-electron chi connectivity index (χ1n) is 9.08. The fraction of sp³-hybridized carbons (Fsp3) is 0.409. The van der Waals surface area contributed by atoms with E-state index in [1.54, 1.807) is 0 Å². The number of benzene rings is 2. The van der Waals surface area contributed by atoms with E-state index in [9.17, 15) is 4.79 Å². The van der Waals surface area contributed by atoms with Crippen LogP contribution in [0, 0.1) is 5.92 Å². The van der Waals surface area contributed by atoms with Gasteiger partial charge in [-0.3, -0.25) is 9.69 Å². The summed E-state index contributed by atoms with van der Waals surface area (Å²) in [4.78, 5) is 15.1. The molecule has 2 heteroatoms. The molecule has 3 rings (SSSR count). The Morgan fingerprint density at radius 3 is 2.50 bits per heavy atom. The summed E-state index contributed by atoms with van der Waals surface area (Å²) in [6.07, 6.45) is 3.72. The van der Waals surface area contributed by atoms with Gasteiger partial charge in [0.1, 0.15) is 0 Å². The number of ketones is 1. The van der Waals surface area contributed by atoms with Crippen LogP contribution in [0.3, 0.4) is 0 Å². The average Bonchev–Trinajstić information content (AvgIpc) is 2.63. The molecule has 24 heavy (non-hydrogen) atoms. The fourth-order valence-electron chi connectivity index (χ4n) is 3.66. The van der Waals surface area contributed by atoms with E-state index in [-0.39, 0.29) is 11.7 Å². The number of carbonyl (C=O) groups is 1. The normalized spacial score (nSPS) is 18.7. The summed E-state index contributed by atoms with van der Waals surface area (Å²) >= 11 is 0. The minimum Gasteiger partial charge on any atom is -0.294 e. The molecule has 1 fully saturated rings. The number of hydrogen-bond donors (Lipinski definition) is 0. The zero-order valence-electron chi connectivity index (χ0n) is 14.7. The van der Waals surface area contributed by atoms with Crippen LogP contribution in [0.4, 0.5) is 0 Å². The third-order valence-electron chi connectivity index (χ3n) is 4.98. The number of piperidine rings is 1. The van der Waals surface area contributed by atoms with Crippen molar-refractivity contribution in [2.75, 3.05) is 6.54 Å². The van der Waals surface area contributed by atoms with Crippen molar-refractivity contribution in [2.24, 2.45) is 5.92 Å². The summed E-state index contributed by atoms with van der Waals surface area (Å²) in [5, 5.41) is 0. The van der Waals surface area contributed by atoms with E-state index in [4.69, 9.17) is 0 Å². The van der Waals surface area contributed by atoms with E-state index in [0.717, 1.165) is 18.7 Å². The van der Waals surface area contributed by atoms with Crippen LogP contribution in [0.25, 0.3) is 0 Å². The Bertz CT molecular complexity index is 677. The number of hydrogen-bond acceptors (Lipinski definition) is 2. The lowest BCUT2D eigenvalue weighted by Gasteiger charge is -2.36. The van der Waals surface area contributed by atoms with Crippen molar-refractivity contribution in [2.45, 2.75) is 45.7 Å². The van der Waals surface area contributed by atoms with Crippen LogP contribution in [-0.4, -0.2) is 17.2 Å². The van der Waals surface area contributed by atoms with Crippen molar-refractivity contribution in [1.29, 1.82) is 0 Å². The topological polar surface area (TPSA) is 20.3 Å². The Morgan fingerprint density at radius 1 is 1.04 bits per heavy atom. The lowest BCUT2D eigenvalue weighted by Crippen LogP contribution is -2.33. The number of Topliss-reactive ketones (excluding diaryl/α,β-unsaturated/α-hetero) is 1. The van der Waals surface area contributed by atoms with Gasteiger partial charge in [0.15, 0.2) is 5.78 Å². The highest BCUT2D eigenvalue weighted by atomic mass is 16.1. The van der Waals surface area contributed by atoms with Crippen LogP contribution >= 0.6 is 0 Å². The summed E-state index contributed by atoms with van der Waals surface area (Å²) in [6.45, 7) is 5.91. The minimum absolute atomic E-state index is 0.0393.